The van der Waals surface area contributed by atoms with Gasteiger partial charge >= 0.3 is 0 Å². The molecule has 23 heavy (non-hydrogen) atoms. The van der Waals surface area contributed by atoms with Crippen molar-refractivity contribution in [2.24, 2.45) is 0 Å². The smallest absolute Gasteiger partial charge is 0.281 e. The number of nitrogens with zero attached hydrogens (tertiary/aromatic N) is 1. The third-order valence-corrected chi connectivity index (χ3v) is 5.92. The Labute approximate surface area is 142 Å². The van der Waals surface area contributed by atoms with Crippen molar-refractivity contribution in [3.05, 3.63) is 35.9 Å². The standard InChI is InChI=1S/C18H24N2O2S/c21-16(8-11-20-12-13-23-17(20)22)19-14-18(9-4-5-10-18)15-6-2-1-3-7-15/h1-3,6-7H,4-5,8-14H2,(H,19,21). The number of hydrogen-bond donors (Lipinski definition) is 1. The monoisotopic (exact) mass is 332 g/mol. The summed E-state index contributed by atoms with van der Waals surface area (Å²) in [7, 11) is 0. The normalized spacial score (nSPS) is 20.0. The summed E-state index contributed by atoms with van der Waals surface area (Å²) >= 11 is 1.34. The third-order valence-electron chi connectivity index (χ3n) is 5.02. The van der Waals surface area contributed by atoms with Crippen molar-refractivity contribution < 1.29 is 9.59 Å². The number of amides is 2. The molecule has 1 aliphatic heterocycles. The fourth-order valence-electron chi connectivity index (χ4n) is 3.63. The molecule has 2 amide bonds. The lowest BCUT2D eigenvalue weighted by Gasteiger charge is -2.30. The molecule has 2 fully saturated rings. The van der Waals surface area contributed by atoms with Crippen LogP contribution in [-0.4, -0.2) is 41.4 Å². The van der Waals surface area contributed by atoms with Crippen LogP contribution < -0.4 is 5.32 Å². The Kier molecular flexibility index (Phi) is 5.26. The molecule has 1 saturated carbocycles. The molecule has 1 N–H and O–H groups in total. The van der Waals surface area contributed by atoms with Crippen LogP contribution in [-0.2, 0) is 10.2 Å². The van der Waals surface area contributed by atoms with Crippen LogP contribution in [0.15, 0.2) is 30.3 Å². The van der Waals surface area contributed by atoms with Gasteiger partial charge in [-0.15, -0.1) is 0 Å². The average Bonchev–Trinajstić information content (AvgIpc) is 3.22. The summed E-state index contributed by atoms with van der Waals surface area (Å²) < 4.78 is 0. The van der Waals surface area contributed by atoms with Gasteiger partial charge in [0.25, 0.3) is 5.24 Å². The molecule has 1 saturated heterocycles. The van der Waals surface area contributed by atoms with E-state index in [2.05, 4.69) is 29.6 Å². The Balaban J connectivity index is 1.53. The van der Waals surface area contributed by atoms with Gasteiger partial charge in [-0.05, 0) is 18.4 Å². The molecular weight excluding hydrogens is 308 g/mol. The maximum Gasteiger partial charge on any atom is 0.281 e. The number of nitrogens with one attached hydrogen (secondary N) is 1. The summed E-state index contributed by atoms with van der Waals surface area (Å²) in [4.78, 5) is 25.5. The number of rotatable bonds is 6. The van der Waals surface area contributed by atoms with E-state index in [1.807, 2.05) is 6.07 Å². The topological polar surface area (TPSA) is 49.4 Å². The minimum absolute atomic E-state index is 0.0527. The molecule has 0 atom stereocenters. The van der Waals surface area contributed by atoms with Crippen molar-refractivity contribution in [2.75, 3.05) is 25.4 Å². The summed E-state index contributed by atoms with van der Waals surface area (Å²) in [6.07, 6.45) is 5.13. The maximum absolute atomic E-state index is 12.2. The van der Waals surface area contributed by atoms with E-state index in [-0.39, 0.29) is 16.6 Å². The Hall–Kier alpha value is -1.49. The zero-order valence-corrected chi connectivity index (χ0v) is 14.2. The summed E-state index contributed by atoms with van der Waals surface area (Å²) in [5, 5.41) is 3.22. The van der Waals surface area contributed by atoms with Gasteiger partial charge in [0.05, 0.1) is 0 Å². The zero-order valence-electron chi connectivity index (χ0n) is 13.4. The Morgan fingerprint density at radius 3 is 2.61 bits per heavy atom. The van der Waals surface area contributed by atoms with Crippen LogP contribution in [0.1, 0.15) is 37.7 Å². The quantitative estimate of drug-likeness (QED) is 0.870. The van der Waals surface area contributed by atoms with Crippen molar-refractivity contribution in [2.45, 2.75) is 37.5 Å². The van der Waals surface area contributed by atoms with E-state index < -0.39 is 0 Å². The first-order chi connectivity index (χ1) is 11.2. The highest BCUT2D eigenvalue weighted by molar-refractivity contribution is 8.13. The minimum atomic E-state index is 0.0527. The maximum atomic E-state index is 12.2. The van der Waals surface area contributed by atoms with Gasteiger partial charge in [0, 0.05) is 37.2 Å². The Morgan fingerprint density at radius 2 is 1.96 bits per heavy atom. The lowest BCUT2D eigenvalue weighted by molar-refractivity contribution is -0.121. The molecule has 3 rings (SSSR count). The SMILES string of the molecule is O=C(CCN1CCSC1=O)NCC1(c2ccccc2)CCCC1. The number of carbonyl (C=O) groups is 2. The van der Waals surface area contributed by atoms with Crippen molar-refractivity contribution >= 4 is 22.9 Å². The molecule has 1 aliphatic carbocycles. The van der Waals surface area contributed by atoms with E-state index in [9.17, 15) is 9.59 Å². The largest absolute Gasteiger partial charge is 0.355 e. The van der Waals surface area contributed by atoms with Gasteiger partial charge in [-0.2, -0.15) is 0 Å². The van der Waals surface area contributed by atoms with E-state index >= 15 is 0 Å². The van der Waals surface area contributed by atoms with Gasteiger partial charge in [-0.25, -0.2) is 0 Å². The lowest BCUT2D eigenvalue weighted by atomic mass is 9.79. The first-order valence-corrected chi connectivity index (χ1v) is 9.42. The highest BCUT2D eigenvalue weighted by Gasteiger charge is 2.35. The third kappa shape index (κ3) is 3.89. The molecule has 1 aromatic rings. The lowest BCUT2D eigenvalue weighted by Crippen LogP contribution is -2.40. The zero-order chi connectivity index (χ0) is 16.1. The molecule has 0 unspecified atom stereocenters. The Morgan fingerprint density at radius 1 is 1.22 bits per heavy atom. The fraction of sp³-hybridized carbons (Fsp3) is 0.556. The fourth-order valence-corrected chi connectivity index (χ4v) is 4.48. The summed E-state index contributed by atoms with van der Waals surface area (Å²) in [5.41, 5.74) is 1.43. The predicted molar refractivity (Wildman–Crippen MR) is 93.6 cm³/mol. The van der Waals surface area contributed by atoms with E-state index in [4.69, 9.17) is 0 Å². The van der Waals surface area contributed by atoms with Crippen LogP contribution in [0.25, 0.3) is 0 Å². The molecule has 0 spiro atoms. The number of carbonyl (C=O) groups excluding carboxylic acids is 2. The van der Waals surface area contributed by atoms with Crippen LogP contribution in [0.4, 0.5) is 4.79 Å². The van der Waals surface area contributed by atoms with E-state index in [1.54, 1.807) is 4.90 Å². The van der Waals surface area contributed by atoms with Gasteiger partial charge < -0.3 is 10.2 Å². The van der Waals surface area contributed by atoms with Crippen LogP contribution >= 0.6 is 11.8 Å². The summed E-state index contributed by atoms with van der Waals surface area (Å²) in [6, 6.07) is 10.5. The number of benzene rings is 1. The predicted octanol–water partition coefficient (Wildman–Crippen LogP) is 3.17. The molecule has 5 heteroatoms. The number of thioether (sulfide) groups is 1. The van der Waals surface area contributed by atoms with Crippen LogP contribution in [0.5, 0.6) is 0 Å². The van der Waals surface area contributed by atoms with Gasteiger partial charge in [0.2, 0.25) is 5.91 Å². The molecule has 4 nitrogen and oxygen atoms in total. The van der Waals surface area contributed by atoms with E-state index in [0.717, 1.165) is 25.1 Å². The van der Waals surface area contributed by atoms with Gasteiger partial charge in [0.15, 0.2) is 0 Å². The second-order valence-corrected chi connectivity index (χ2v) is 7.53. The molecule has 1 heterocycles. The molecule has 2 aliphatic rings. The summed E-state index contributed by atoms with van der Waals surface area (Å²) in [5.74, 6) is 0.898. The number of hydrogen-bond acceptors (Lipinski definition) is 3. The molecule has 0 aromatic heterocycles. The Bertz CT molecular complexity index is 555. The highest BCUT2D eigenvalue weighted by atomic mass is 32.2. The highest BCUT2D eigenvalue weighted by Crippen LogP contribution is 2.40. The van der Waals surface area contributed by atoms with Gasteiger partial charge in [0.1, 0.15) is 0 Å². The molecule has 0 radical (unpaired) electrons. The van der Waals surface area contributed by atoms with E-state index in [1.165, 1.54) is 30.2 Å². The second kappa shape index (κ2) is 7.39. The van der Waals surface area contributed by atoms with Crippen LogP contribution in [0.3, 0.4) is 0 Å². The molecule has 1 aromatic carbocycles. The van der Waals surface area contributed by atoms with Crippen molar-refractivity contribution in [1.82, 2.24) is 10.2 Å². The molecule has 0 bridgehead atoms. The van der Waals surface area contributed by atoms with Crippen molar-refractivity contribution in [3.63, 3.8) is 0 Å². The second-order valence-electron chi connectivity index (χ2n) is 6.48. The molecule has 124 valence electrons. The molecular formula is C18H24N2O2S. The summed E-state index contributed by atoms with van der Waals surface area (Å²) in [6.45, 7) is 2.01. The van der Waals surface area contributed by atoms with E-state index in [0.29, 0.717) is 19.5 Å². The first kappa shape index (κ1) is 16.4. The van der Waals surface area contributed by atoms with Gasteiger partial charge in [-0.3, -0.25) is 9.59 Å². The van der Waals surface area contributed by atoms with Crippen LogP contribution in [0, 0.1) is 0 Å². The average molecular weight is 332 g/mol. The van der Waals surface area contributed by atoms with Crippen molar-refractivity contribution in [1.29, 1.82) is 0 Å². The first-order valence-electron chi connectivity index (χ1n) is 8.44. The minimum Gasteiger partial charge on any atom is -0.355 e. The van der Waals surface area contributed by atoms with Crippen LogP contribution in [0.2, 0.25) is 0 Å². The van der Waals surface area contributed by atoms with Gasteiger partial charge in [-0.1, -0.05) is 54.9 Å². The van der Waals surface area contributed by atoms with Crippen molar-refractivity contribution in [3.8, 4) is 0 Å².